The summed E-state index contributed by atoms with van der Waals surface area (Å²) in [5.74, 6) is 0. The van der Waals surface area contributed by atoms with Gasteiger partial charge in [0.1, 0.15) is 0 Å². The van der Waals surface area contributed by atoms with Crippen molar-refractivity contribution in [3.63, 3.8) is 0 Å². The Labute approximate surface area is 108 Å². The molecule has 1 heterocycles. The summed E-state index contributed by atoms with van der Waals surface area (Å²) in [6, 6.07) is 0.585. The standard InChI is InChI=1S/C14H31N3/c1-6-7-15-13(2)14(3,4)12-17-10-8-16(5)9-11-17/h13,15H,6-12H2,1-5H3. The van der Waals surface area contributed by atoms with Gasteiger partial charge in [-0.2, -0.15) is 0 Å². The average Bonchev–Trinajstić information content (AvgIpc) is 2.28. The van der Waals surface area contributed by atoms with E-state index in [1.54, 1.807) is 0 Å². The molecule has 0 spiro atoms. The van der Waals surface area contributed by atoms with E-state index in [4.69, 9.17) is 0 Å². The number of hydrogen-bond acceptors (Lipinski definition) is 3. The van der Waals surface area contributed by atoms with Gasteiger partial charge in [-0.25, -0.2) is 0 Å². The lowest BCUT2D eigenvalue weighted by Crippen LogP contribution is -2.52. The third-order valence-electron chi connectivity index (χ3n) is 4.10. The van der Waals surface area contributed by atoms with E-state index in [1.807, 2.05) is 0 Å². The summed E-state index contributed by atoms with van der Waals surface area (Å²) in [5.41, 5.74) is 0.352. The summed E-state index contributed by atoms with van der Waals surface area (Å²) in [6.45, 7) is 16.5. The van der Waals surface area contributed by atoms with E-state index in [1.165, 1.54) is 39.1 Å². The van der Waals surface area contributed by atoms with E-state index >= 15 is 0 Å². The molecule has 1 unspecified atom stereocenters. The van der Waals surface area contributed by atoms with Gasteiger partial charge in [0, 0.05) is 38.8 Å². The molecule has 17 heavy (non-hydrogen) atoms. The molecule has 3 nitrogen and oxygen atoms in total. The zero-order chi connectivity index (χ0) is 12.9. The van der Waals surface area contributed by atoms with Gasteiger partial charge in [0.2, 0.25) is 0 Å². The fourth-order valence-corrected chi connectivity index (χ4v) is 2.36. The van der Waals surface area contributed by atoms with Gasteiger partial charge in [-0.1, -0.05) is 20.8 Å². The van der Waals surface area contributed by atoms with Crippen molar-refractivity contribution >= 4 is 0 Å². The highest BCUT2D eigenvalue weighted by molar-refractivity contribution is 4.85. The molecule has 0 radical (unpaired) electrons. The first kappa shape index (κ1) is 14.9. The third-order valence-corrected chi connectivity index (χ3v) is 4.10. The average molecular weight is 241 g/mol. The first-order chi connectivity index (χ1) is 7.95. The van der Waals surface area contributed by atoms with Crippen LogP contribution >= 0.6 is 0 Å². The van der Waals surface area contributed by atoms with Gasteiger partial charge < -0.3 is 15.1 Å². The van der Waals surface area contributed by atoms with Gasteiger partial charge in [0.15, 0.2) is 0 Å². The first-order valence-electron chi connectivity index (χ1n) is 7.10. The number of piperazine rings is 1. The highest BCUT2D eigenvalue weighted by Crippen LogP contribution is 2.22. The number of nitrogens with one attached hydrogen (secondary N) is 1. The van der Waals surface area contributed by atoms with Crippen molar-refractivity contribution in [2.45, 2.75) is 40.2 Å². The minimum atomic E-state index is 0.352. The van der Waals surface area contributed by atoms with Crippen LogP contribution in [-0.2, 0) is 0 Å². The SMILES string of the molecule is CCCNC(C)C(C)(C)CN1CCN(C)CC1. The van der Waals surface area contributed by atoms with E-state index in [0.29, 0.717) is 11.5 Å². The zero-order valence-electron chi connectivity index (χ0n) is 12.4. The van der Waals surface area contributed by atoms with E-state index < -0.39 is 0 Å². The lowest BCUT2D eigenvalue weighted by molar-refractivity contribution is 0.0939. The number of hydrogen-bond donors (Lipinski definition) is 1. The van der Waals surface area contributed by atoms with Crippen molar-refractivity contribution in [2.24, 2.45) is 5.41 Å². The molecule has 1 N–H and O–H groups in total. The van der Waals surface area contributed by atoms with Gasteiger partial charge in [-0.3, -0.25) is 0 Å². The lowest BCUT2D eigenvalue weighted by Gasteiger charge is -2.40. The maximum absolute atomic E-state index is 3.63. The molecule has 0 aromatic rings. The summed E-state index contributed by atoms with van der Waals surface area (Å²) in [6.07, 6.45) is 1.22. The Balaban J connectivity index is 2.36. The quantitative estimate of drug-likeness (QED) is 0.763. The molecule has 1 atom stereocenters. The van der Waals surface area contributed by atoms with Crippen LogP contribution in [0.25, 0.3) is 0 Å². The highest BCUT2D eigenvalue weighted by Gasteiger charge is 2.28. The fraction of sp³-hybridized carbons (Fsp3) is 1.00. The molecule has 0 amide bonds. The molecule has 0 bridgehead atoms. The predicted octanol–water partition coefficient (Wildman–Crippen LogP) is 1.65. The summed E-state index contributed by atoms with van der Waals surface area (Å²) >= 11 is 0. The maximum atomic E-state index is 3.63. The summed E-state index contributed by atoms with van der Waals surface area (Å²) < 4.78 is 0. The Morgan fingerprint density at radius 3 is 2.29 bits per heavy atom. The van der Waals surface area contributed by atoms with Crippen molar-refractivity contribution in [1.82, 2.24) is 15.1 Å². The Morgan fingerprint density at radius 2 is 1.76 bits per heavy atom. The van der Waals surface area contributed by atoms with Crippen LogP contribution in [0.3, 0.4) is 0 Å². The normalized spacial score (nSPS) is 21.7. The van der Waals surface area contributed by atoms with Crippen LogP contribution in [0.2, 0.25) is 0 Å². The monoisotopic (exact) mass is 241 g/mol. The zero-order valence-corrected chi connectivity index (χ0v) is 12.4. The van der Waals surface area contributed by atoms with Gasteiger partial charge in [-0.15, -0.1) is 0 Å². The Morgan fingerprint density at radius 1 is 1.18 bits per heavy atom. The summed E-state index contributed by atoms with van der Waals surface area (Å²) in [4.78, 5) is 5.03. The number of likely N-dealkylation sites (N-methyl/N-ethyl adjacent to an activating group) is 1. The molecule has 3 heteroatoms. The fourth-order valence-electron chi connectivity index (χ4n) is 2.36. The molecular formula is C14H31N3. The molecule has 1 rings (SSSR count). The Bertz CT molecular complexity index is 208. The second-order valence-electron chi connectivity index (χ2n) is 6.24. The van der Waals surface area contributed by atoms with Crippen molar-refractivity contribution in [2.75, 3.05) is 46.3 Å². The van der Waals surface area contributed by atoms with E-state index in [2.05, 4.69) is 49.9 Å². The van der Waals surface area contributed by atoms with Crippen LogP contribution in [0.5, 0.6) is 0 Å². The topological polar surface area (TPSA) is 18.5 Å². The second-order valence-corrected chi connectivity index (χ2v) is 6.24. The minimum absolute atomic E-state index is 0.352. The van der Waals surface area contributed by atoms with Gasteiger partial charge >= 0.3 is 0 Å². The van der Waals surface area contributed by atoms with E-state index in [0.717, 1.165) is 6.54 Å². The molecule has 102 valence electrons. The summed E-state index contributed by atoms with van der Waals surface area (Å²) in [7, 11) is 2.22. The molecule has 0 saturated carbocycles. The molecular weight excluding hydrogens is 210 g/mol. The van der Waals surface area contributed by atoms with Crippen molar-refractivity contribution in [3.8, 4) is 0 Å². The van der Waals surface area contributed by atoms with Crippen LogP contribution in [0.1, 0.15) is 34.1 Å². The maximum Gasteiger partial charge on any atom is 0.0110 e. The lowest BCUT2D eigenvalue weighted by atomic mass is 9.84. The predicted molar refractivity (Wildman–Crippen MR) is 75.5 cm³/mol. The second kappa shape index (κ2) is 6.72. The van der Waals surface area contributed by atoms with Gasteiger partial charge in [0.25, 0.3) is 0 Å². The van der Waals surface area contributed by atoms with Crippen LogP contribution in [0, 0.1) is 5.41 Å². The van der Waals surface area contributed by atoms with Crippen LogP contribution in [0.4, 0.5) is 0 Å². The molecule has 0 aromatic heterocycles. The smallest absolute Gasteiger partial charge is 0.0110 e. The van der Waals surface area contributed by atoms with Crippen molar-refractivity contribution < 1.29 is 0 Å². The molecule has 1 fully saturated rings. The minimum Gasteiger partial charge on any atom is -0.314 e. The molecule has 0 aromatic carbocycles. The van der Waals surface area contributed by atoms with Crippen molar-refractivity contribution in [3.05, 3.63) is 0 Å². The van der Waals surface area contributed by atoms with E-state index in [9.17, 15) is 0 Å². The number of nitrogens with zero attached hydrogens (tertiary/aromatic N) is 2. The third kappa shape index (κ3) is 4.94. The highest BCUT2D eigenvalue weighted by atomic mass is 15.2. The van der Waals surface area contributed by atoms with E-state index in [-0.39, 0.29) is 0 Å². The summed E-state index contributed by atoms with van der Waals surface area (Å²) in [5, 5.41) is 3.63. The Hall–Kier alpha value is -0.120. The molecule has 1 saturated heterocycles. The Kier molecular flexibility index (Phi) is 5.90. The van der Waals surface area contributed by atoms with Gasteiger partial charge in [0.05, 0.1) is 0 Å². The number of rotatable bonds is 6. The molecule has 1 aliphatic rings. The van der Waals surface area contributed by atoms with Crippen molar-refractivity contribution in [1.29, 1.82) is 0 Å². The first-order valence-corrected chi connectivity index (χ1v) is 7.10. The van der Waals surface area contributed by atoms with Crippen LogP contribution < -0.4 is 5.32 Å². The molecule has 0 aliphatic carbocycles. The van der Waals surface area contributed by atoms with Crippen LogP contribution in [0.15, 0.2) is 0 Å². The molecule has 1 aliphatic heterocycles. The largest absolute Gasteiger partial charge is 0.314 e. The van der Waals surface area contributed by atoms with Gasteiger partial charge in [-0.05, 0) is 32.4 Å². The van der Waals surface area contributed by atoms with Crippen LogP contribution in [-0.4, -0.2) is 62.2 Å².